The fourth-order valence-corrected chi connectivity index (χ4v) is 3.56. The van der Waals surface area contributed by atoms with Crippen LogP contribution in [0.15, 0.2) is 35.2 Å². The molecule has 1 aliphatic heterocycles. The van der Waals surface area contributed by atoms with Gasteiger partial charge in [-0.25, -0.2) is 0 Å². The Kier molecular flexibility index (Phi) is 4.39. The van der Waals surface area contributed by atoms with Gasteiger partial charge < -0.3 is 4.90 Å². The van der Waals surface area contributed by atoms with Crippen molar-refractivity contribution >= 4 is 23.3 Å². The van der Waals surface area contributed by atoms with Crippen LogP contribution in [0.2, 0.25) is 0 Å². The monoisotopic (exact) mass is 312 g/mol. The third-order valence-electron chi connectivity index (χ3n) is 3.90. The van der Waals surface area contributed by atoms with Gasteiger partial charge in [0.15, 0.2) is 0 Å². The number of aryl methyl sites for hydroxylation is 2. The van der Waals surface area contributed by atoms with Crippen molar-refractivity contribution in [3.05, 3.63) is 57.0 Å². The molecule has 0 atom stereocenters. The minimum absolute atomic E-state index is 0.172. The van der Waals surface area contributed by atoms with Crippen LogP contribution in [0, 0.1) is 13.8 Å². The highest BCUT2D eigenvalue weighted by molar-refractivity contribution is 7.12. The molecule has 0 radical (unpaired) electrons. The van der Waals surface area contributed by atoms with Crippen LogP contribution in [-0.4, -0.2) is 28.9 Å². The summed E-state index contributed by atoms with van der Waals surface area (Å²) in [5.41, 5.74) is 4.60. The molecule has 1 fully saturated rings. The van der Waals surface area contributed by atoms with Gasteiger partial charge in [-0.1, -0.05) is 11.6 Å². The number of amides is 1. The van der Waals surface area contributed by atoms with Gasteiger partial charge in [0, 0.05) is 18.8 Å². The lowest BCUT2D eigenvalue weighted by atomic mass is 10.0. The number of carbonyl (C=O) groups is 1. The van der Waals surface area contributed by atoms with E-state index in [1.165, 1.54) is 5.57 Å². The van der Waals surface area contributed by atoms with Crippen LogP contribution < -0.4 is 0 Å². The summed E-state index contributed by atoms with van der Waals surface area (Å²) >= 11 is 1.54. The number of pyridine rings is 1. The Bertz CT molecular complexity index is 707. The van der Waals surface area contributed by atoms with Gasteiger partial charge in [-0.15, -0.1) is 11.3 Å². The summed E-state index contributed by atoms with van der Waals surface area (Å²) in [7, 11) is 0. The van der Waals surface area contributed by atoms with Gasteiger partial charge in [0.2, 0.25) is 0 Å². The molecule has 0 saturated carbocycles. The molecule has 0 unspecified atom stereocenters. The molecule has 4 heteroatoms. The van der Waals surface area contributed by atoms with Gasteiger partial charge >= 0.3 is 0 Å². The van der Waals surface area contributed by atoms with Gasteiger partial charge in [0.05, 0.1) is 10.6 Å². The van der Waals surface area contributed by atoms with Gasteiger partial charge in [-0.05, 0) is 61.9 Å². The summed E-state index contributed by atoms with van der Waals surface area (Å²) in [6, 6.07) is 8.06. The predicted octanol–water partition coefficient (Wildman–Crippen LogP) is 4.08. The lowest BCUT2D eigenvalue weighted by molar-refractivity contribution is 0.0749. The van der Waals surface area contributed by atoms with E-state index in [-0.39, 0.29) is 5.91 Å². The topological polar surface area (TPSA) is 33.2 Å². The molecule has 2 aromatic rings. The molecule has 0 bridgehead atoms. The van der Waals surface area contributed by atoms with Crippen molar-refractivity contribution in [3.8, 4) is 0 Å². The summed E-state index contributed by atoms with van der Waals surface area (Å²) in [6.45, 7) is 5.63. The molecule has 0 aliphatic carbocycles. The van der Waals surface area contributed by atoms with Crippen molar-refractivity contribution in [2.24, 2.45) is 0 Å². The van der Waals surface area contributed by atoms with Gasteiger partial charge in [-0.2, -0.15) is 0 Å². The molecule has 3 rings (SSSR count). The van der Waals surface area contributed by atoms with Crippen LogP contribution in [0.4, 0.5) is 0 Å². The van der Waals surface area contributed by atoms with Gasteiger partial charge in [0.25, 0.3) is 5.91 Å². The Labute approximate surface area is 135 Å². The first-order valence-corrected chi connectivity index (χ1v) is 8.47. The molecule has 3 nitrogen and oxygen atoms in total. The van der Waals surface area contributed by atoms with Crippen molar-refractivity contribution in [2.45, 2.75) is 26.7 Å². The van der Waals surface area contributed by atoms with Crippen LogP contribution in [0.1, 0.15) is 39.5 Å². The molecular formula is C18H20N2OS. The van der Waals surface area contributed by atoms with E-state index in [4.69, 9.17) is 0 Å². The molecule has 114 valence electrons. The number of likely N-dealkylation sites (tertiary alicyclic amines) is 1. The van der Waals surface area contributed by atoms with Crippen molar-refractivity contribution in [1.29, 1.82) is 0 Å². The zero-order chi connectivity index (χ0) is 15.5. The smallest absolute Gasteiger partial charge is 0.263 e. The van der Waals surface area contributed by atoms with E-state index in [1.807, 2.05) is 48.4 Å². The maximum Gasteiger partial charge on any atom is 0.263 e. The Hall–Kier alpha value is -1.94. The Morgan fingerprint density at radius 1 is 1.27 bits per heavy atom. The molecule has 2 aromatic heterocycles. The maximum atomic E-state index is 12.4. The molecule has 0 aromatic carbocycles. The normalized spacial score (nSPS) is 15.0. The zero-order valence-electron chi connectivity index (χ0n) is 13.0. The van der Waals surface area contributed by atoms with Crippen molar-refractivity contribution in [3.63, 3.8) is 0 Å². The molecule has 0 N–H and O–H groups in total. The number of thiophene rings is 1. The standard InChI is InChI=1S/C18H20N2OS/c1-13-10-17(22-12-13)18(21)20-8-6-15(7-9-20)11-16-5-3-4-14(2)19-16/h3-5,10-12H,6-9H2,1-2H3. The van der Waals surface area contributed by atoms with Crippen LogP contribution in [-0.2, 0) is 0 Å². The first kappa shape index (κ1) is 15.0. The second kappa shape index (κ2) is 6.44. The summed E-state index contributed by atoms with van der Waals surface area (Å²) in [5, 5.41) is 2.03. The van der Waals surface area contributed by atoms with Crippen LogP contribution >= 0.6 is 11.3 Å². The highest BCUT2D eigenvalue weighted by atomic mass is 32.1. The number of piperidine rings is 1. The Balaban J connectivity index is 1.64. The number of rotatable bonds is 2. The molecule has 22 heavy (non-hydrogen) atoms. The van der Waals surface area contributed by atoms with Crippen LogP contribution in [0.3, 0.4) is 0 Å². The SMILES string of the molecule is Cc1csc(C(=O)N2CCC(=Cc3cccc(C)n3)CC2)c1. The predicted molar refractivity (Wildman–Crippen MR) is 91.1 cm³/mol. The summed E-state index contributed by atoms with van der Waals surface area (Å²) in [5.74, 6) is 0.172. The number of nitrogens with zero attached hydrogens (tertiary/aromatic N) is 2. The number of aromatic nitrogens is 1. The zero-order valence-corrected chi connectivity index (χ0v) is 13.8. The van der Waals surface area contributed by atoms with E-state index < -0.39 is 0 Å². The van der Waals surface area contributed by atoms with E-state index in [0.29, 0.717) is 0 Å². The third-order valence-corrected chi connectivity index (χ3v) is 4.93. The average molecular weight is 312 g/mol. The van der Waals surface area contributed by atoms with Crippen molar-refractivity contribution in [1.82, 2.24) is 9.88 Å². The van der Waals surface area contributed by atoms with Gasteiger partial charge in [-0.3, -0.25) is 9.78 Å². The summed E-state index contributed by atoms with van der Waals surface area (Å²) in [6.07, 6.45) is 4.04. The van der Waals surface area contributed by atoms with Crippen molar-refractivity contribution in [2.75, 3.05) is 13.1 Å². The minimum atomic E-state index is 0.172. The molecule has 1 saturated heterocycles. The number of hydrogen-bond acceptors (Lipinski definition) is 3. The highest BCUT2D eigenvalue weighted by Crippen LogP contribution is 2.22. The quantitative estimate of drug-likeness (QED) is 0.837. The minimum Gasteiger partial charge on any atom is -0.337 e. The molecule has 1 amide bonds. The first-order chi connectivity index (χ1) is 10.6. The van der Waals surface area contributed by atoms with Crippen LogP contribution in [0.5, 0.6) is 0 Å². The summed E-state index contributed by atoms with van der Waals surface area (Å²) < 4.78 is 0. The second-order valence-electron chi connectivity index (χ2n) is 5.79. The fourth-order valence-electron chi connectivity index (χ4n) is 2.69. The largest absolute Gasteiger partial charge is 0.337 e. The third kappa shape index (κ3) is 3.45. The molecular weight excluding hydrogens is 292 g/mol. The molecule has 3 heterocycles. The average Bonchev–Trinajstić information content (AvgIpc) is 2.94. The maximum absolute atomic E-state index is 12.4. The fraction of sp³-hybridized carbons (Fsp3) is 0.333. The lowest BCUT2D eigenvalue weighted by Crippen LogP contribution is -2.35. The molecule has 1 aliphatic rings. The van der Waals surface area contributed by atoms with E-state index in [1.54, 1.807) is 11.3 Å². The second-order valence-corrected chi connectivity index (χ2v) is 6.70. The first-order valence-electron chi connectivity index (χ1n) is 7.59. The Morgan fingerprint density at radius 2 is 2.05 bits per heavy atom. The highest BCUT2D eigenvalue weighted by Gasteiger charge is 2.21. The molecule has 0 spiro atoms. The number of hydrogen-bond donors (Lipinski definition) is 0. The van der Waals surface area contributed by atoms with E-state index in [2.05, 4.69) is 11.1 Å². The van der Waals surface area contributed by atoms with Crippen molar-refractivity contribution < 1.29 is 4.79 Å². The lowest BCUT2D eigenvalue weighted by Gasteiger charge is -2.28. The Morgan fingerprint density at radius 3 is 2.68 bits per heavy atom. The van der Waals surface area contributed by atoms with E-state index in [0.717, 1.165) is 47.8 Å². The van der Waals surface area contributed by atoms with Gasteiger partial charge in [0.1, 0.15) is 0 Å². The van der Waals surface area contributed by atoms with E-state index in [9.17, 15) is 4.79 Å². The van der Waals surface area contributed by atoms with E-state index >= 15 is 0 Å². The van der Waals surface area contributed by atoms with Crippen LogP contribution in [0.25, 0.3) is 6.08 Å². The number of carbonyl (C=O) groups excluding carboxylic acids is 1. The summed E-state index contributed by atoms with van der Waals surface area (Å²) in [4.78, 5) is 19.8.